The maximum absolute atomic E-state index is 1.65. The van der Waals surface area contributed by atoms with Crippen LogP contribution in [0.15, 0.2) is 0 Å². The molecule has 22 valence electrons. The van der Waals surface area contributed by atoms with E-state index in [0.717, 1.165) is 7.92 Å². The zero-order chi connectivity index (χ0) is 2.57. The lowest BCUT2D eigenvalue weighted by Crippen LogP contribution is -1.67. The van der Waals surface area contributed by atoms with Crippen molar-refractivity contribution in [2.45, 2.75) is 5.66 Å². The van der Waals surface area contributed by atoms with Crippen molar-refractivity contribution in [1.29, 1.82) is 0 Å². The molecule has 2 aliphatic rings. The molecule has 0 amide bonds. The second-order valence-electron chi connectivity index (χ2n) is 1.61. The lowest BCUT2D eigenvalue weighted by atomic mass is 10.6. The van der Waals surface area contributed by atoms with Gasteiger partial charge in [-0.1, -0.05) is 0 Å². The highest BCUT2D eigenvalue weighted by molar-refractivity contribution is 7.75. The highest BCUT2D eigenvalue weighted by Gasteiger charge is 2.52. The van der Waals surface area contributed by atoms with Crippen LogP contribution in [0, 0.1) is 0 Å². The van der Waals surface area contributed by atoms with Crippen LogP contribution in [-0.4, -0.2) is 18.0 Å². The average molecular weight is 72.0 g/mol. The first kappa shape index (κ1) is 1.77. The quantitative estimate of drug-likeness (QED) is 0.372. The van der Waals surface area contributed by atoms with E-state index in [1.807, 2.05) is 0 Å². The van der Waals surface area contributed by atoms with Crippen molar-refractivity contribution in [2.75, 3.05) is 12.3 Å². The largest absolute Gasteiger partial charge is 0.102 e. The molecule has 0 aromatic carbocycles. The Morgan fingerprint density at radius 2 is 1.75 bits per heavy atom. The van der Waals surface area contributed by atoms with Gasteiger partial charge in [-0.2, -0.15) is 0 Å². The first-order chi connectivity index (χ1) is 1.97. The monoisotopic (exact) mass is 72.0 g/mol. The van der Waals surface area contributed by atoms with Crippen molar-refractivity contribution >= 4 is 7.92 Å². The molecule has 4 heavy (non-hydrogen) atoms. The smallest absolute Gasteiger partial charge is 0.0130 e. The summed E-state index contributed by atoms with van der Waals surface area (Å²) in [5, 5.41) is 0. The number of fused-ring (bicyclic) bond motifs is 1. The molecule has 0 nitrogen and oxygen atoms in total. The molecule has 0 aromatic heterocycles. The van der Waals surface area contributed by atoms with Crippen LogP contribution in [0.5, 0.6) is 0 Å². The summed E-state index contributed by atoms with van der Waals surface area (Å²) in [5.74, 6) is 0. The Balaban J connectivity index is 2.48. The van der Waals surface area contributed by atoms with Gasteiger partial charge >= 0.3 is 0 Å². The molecule has 0 N–H and O–H groups in total. The average Bonchev–Trinajstić information content (AvgIpc) is 1.36. The van der Waals surface area contributed by atoms with E-state index in [1.54, 1.807) is 12.3 Å². The van der Waals surface area contributed by atoms with Crippen molar-refractivity contribution in [3.63, 3.8) is 0 Å². The van der Waals surface area contributed by atoms with E-state index in [-0.39, 0.29) is 0 Å². The fraction of sp³-hybridized carbons (Fsp3) is 1.00. The first-order valence-corrected chi connectivity index (χ1v) is 3.49. The van der Waals surface area contributed by atoms with Gasteiger partial charge in [-0.05, 0) is 18.0 Å². The Hall–Kier alpha value is 0.430. The second-order valence-corrected chi connectivity index (χ2v) is 4.25. The molecule has 0 saturated carbocycles. The van der Waals surface area contributed by atoms with Gasteiger partial charge in [0.25, 0.3) is 0 Å². The van der Waals surface area contributed by atoms with E-state index in [2.05, 4.69) is 0 Å². The summed E-state index contributed by atoms with van der Waals surface area (Å²) in [4.78, 5) is 0. The summed E-state index contributed by atoms with van der Waals surface area (Å²) in [6, 6.07) is 0. The van der Waals surface area contributed by atoms with Crippen molar-refractivity contribution in [3.8, 4) is 0 Å². The third-order valence-corrected chi connectivity index (χ3v) is 3.42. The van der Waals surface area contributed by atoms with Gasteiger partial charge < -0.3 is 0 Å². The molecule has 0 aromatic rings. The summed E-state index contributed by atoms with van der Waals surface area (Å²) in [7, 11) is 0.796. The maximum Gasteiger partial charge on any atom is -0.0130 e. The van der Waals surface area contributed by atoms with Crippen molar-refractivity contribution in [3.05, 3.63) is 0 Å². The first-order valence-electron chi connectivity index (χ1n) is 1.71. The molecule has 0 bridgehead atoms. The van der Waals surface area contributed by atoms with Gasteiger partial charge in [-0.15, -0.1) is 7.92 Å². The Morgan fingerprint density at radius 3 is 1.75 bits per heavy atom. The number of hydrogen-bond acceptors (Lipinski definition) is 0. The van der Waals surface area contributed by atoms with Gasteiger partial charge in [-0.3, -0.25) is 0 Å². The fourth-order valence-corrected chi connectivity index (χ4v) is 1.87. The van der Waals surface area contributed by atoms with E-state index >= 15 is 0 Å². The van der Waals surface area contributed by atoms with Gasteiger partial charge in [0.05, 0.1) is 0 Å². The Labute approximate surface area is 27.0 Å². The Bertz CT molecular complexity index is 39.2. The van der Waals surface area contributed by atoms with Crippen LogP contribution in [-0.2, 0) is 0 Å². The highest BCUT2D eigenvalue weighted by atomic mass is 31.1. The molecule has 2 saturated heterocycles. The van der Waals surface area contributed by atoms with Crippen LogP contribution in [0.1, 0.15) is 0 Å². The molecule has 0 unspecified atom stereocenters. The molecule has 0 aliphatic carbocycles. The molecular formula is C3H5P. The van der Waals surface area contributed by atoms with Crippen LogP contribution in [0.3, 0.4) is 0 Å². The molecule has 2 aliphatic heterocycles. The molecule has 2 heterocycles. The van der Waals surface area contributed by atoms with Gasteiger partial charge in [0.2, 0.25) is 0 Å². The zero-order valence-corrected chi connectivity index (χ0v) is 3.33. The number of hydrogen-bond donors (Lipinski definition) is 0. The zero-order valence-electron chi connectivity index (χ0n) is 2.44. The summed E-state index contributed by atoms with van der Waals surface area (Å²) < 4.78 is 0. The van der Waals surface area contributed by atoms with Gasteiger partial charge in [0.15, 0.2) is 0 Å². The third-order valence-electron chi connectivity index (χ3n) is 1.14. The predicted octanol–water partition coefficient (Wildman–Crippen LogP) is 0.864. The highest BCUT2D eigenvalue weighted by Crippen LogP contribution is 2.76. The number of rotatable bonds is 0. The molecular weight excluding hydrogens is 67.0 g/mol. The van der Waals surface area contributed by atoms with Crippen LogP contribution < -0.4 is 0 Å². The predicted molar refractivity (Wildman–Crippen MR) is 20.4 cm³/mol. The Morgan fingerprint density at radius 1 is 1.50 bits per heavy atom. The van der Waals surface area contributed by atoms with E-state index < -0.39 is 0 Å². The van der Waals surface area contributed by atoms with Crippen molar-refractivity contribution < 1.29 is 0 Å². The van der Waals surface area contributed by atoms with Crippen LogP contribution in [0.4, 0.5) is 0 Å². The van der Waals surface area contributed by atoms with Gasteiger partial charge in [0, 0.05) is 0 Å². The molecule has 0 spiro atoms. The second kappa shape index (κ2) is 0.285. The maximum atomic E-state index is 1.65. The Kier molecular flexibility index (Phi) is 0.126. The molecule has 2 fully saturated rings. The van der Waals surface area contributed by atoms with Crippen LogP contribution in [0.25, 0.3) is 0 Å². The molecule has 0 atom stereocenters. The summed E-state index contributed by atoms with van der Waals surface area (Å²) in [6.45, 7) is 0. The van der Waals surface area contributed by atoms with E-state index in [9.17, 15) is 0 Å². The lowest BCUT2D eigenvalue weighted by Gasteiger charge is -1.60. The van der Waals surface area contributed by atoms with Crippen LogP contribution >= 0.6 is 7.92 Å². The minimum atomic E-state index is 0.796. The van der Waals surface area contributed by atoms with Crippen molar-refractivity contribution in [2.24, 2.45) is 0 Å². The van der Waals surface area contributed by atoms with E-state index in [4.69, 9.17) is 0 Å². The SMILES string of the molecule is C1C2CP12. The summed E-state index contributed by atoms with van der Waals surface area (Å²) in [5.41, 5.74) is 1.31. The molecule has 1 heteroatoms. The fourth-order valence-electron chi connectivity index (χ4n) is 0.394. The minimum absolute atomic E-state index is 0.796. The molecule has 0 radical (unpaired) electrons. The lowest BCUT2D eigenvalue weighted by molar-refractivity contribution is 1.31. The van der Waals surface area contributed by atoms with Crippen LogP contribution in [0.2, 0.25) is 0 Å². The van der Waals surface area contributed by atoms with E-state index in [1.165, 1.54) is 5.66 Å². The standard InChI is InChI=1S/C3H5P/c1-3-2-4(1)3/h3H,1-2H2. The summed E-state index contributed by atoms with van der Waals surface area (Å²) >= 11 is 0. The topological polar surface area (TPSA) is 0 Å². The van der Waals surface area contributed by atoms with Crippen molar-refractivity contribution in [1.82, 2.24) is 0 Å². The normalized spacial score (nSPS) is 66.0. The van der Waals surface area contributed by atoms with Gasteiger partial charge in [0.1, 0.15) is 0 Å². The molecule has 2 rings (SSSR count). The minimum Gasteiger partial charge on any atom is -0.102 e. The third kappa shape index (κ3) is 0.0699. The van der Waals surface area contributed by atoms with E-state index in [0.29, 0.717) is 0 Å². The summed E-state index contributed by atoms with van der Waals surface area (Å²) in [6.07, 6.45) is 3.30. The van der Waals surface area contributed by atoms with Gasteiger partial charge in [-0.25, -0.2) is 0 Å².